The van der Waals surface area contributed by atoms with Crippen molar-refractivity contribution in [2.45, 2.75) is 44.6 Å². The summed E-state index contributed by atoms with van der Waals surface area (Å²) in [6.07, 6.45) is 8.41. The van der Waals surface area contributed by atoms with Crippen LogP contribution in [-0.2, 0) is 18.3 Å². The van der Waals surface area contributed by atoms with Crippen molar-refractivity contribution in [2.75, 3.05) is 26.7 Å². The highest BCUT2D eigenvalue weighted by molar-refractivity contribution is 5.83. The molecule has 1 aliphatic rings. The Kier molecular flexibility index (Phi) is 8.42. The number of carboxylic acids is 1. The normalized spacial score (nSPS) is 19.6. The van der Waals surface area contributed by atoms with Crippen molar-refractivity contribution in [3.63, 3.8) is 0 Å². The summed E-state index contributed by atoms with van der Waals surface area (Å²) in [5.74, 6) is -0.319. The Morgan fingerprint density at radius 1 is 1.26 bits per heavy atom. The molecule has 1 aliphatic heterocycles. The zero-order valence-electron chi connectivity index (χ0n) is 20.8. The van der Waals surface area contributed by atoms with Crippen LogP contribution in [0.3, 0.4) is 0 Å². The number of fused-ring (bicyclic) bond motifs is 1. The number of unbranched alkanes of at least 4 members (excludes halogenated alkanes) is 1. The molecular formula is C28H37N3O4. The van der Waals surface area contributed by atoms with Crippen molar-refractivity contribution in [3.05, 3.63) is 60.0 Å². The van der Waals surface area contributed by atoms with Crippen LogP contribution in [0.25, 0.3) is 10.9 Å². The number of hydrogen-bond acceptors (Lipinski definition) is 5. The van der Waals surface area contributed by atoms with Gasteiger partial charge in [0, 0.05) is 37.1 Å². The van der Waals surface area contributed by atoms with Gasteiger partial charge in [0.15, 0.2) is 0 Å². The van der Waals surface area contributed by atoms with Gasteiger partial charge in [0.1, 0.15) is 5.75 Å². The van der Waals surface area contributed by atoms with Crippen LogP contribution >= 0.6 is 0 Å². The van der Waals surface area contributed by atoms with E-state index < -0.39 is 18.0 Å². The molecule has 3 aromatic rings. The molecule has 0 spiro atoms. The molecule has 3 atom stereocenters. The molecule has 35 heavy (non-hydrogen) atoms. The number of carbonyl (C=O) groups is 1. The number of carboxylic acid groups (broad SMARTS) is 1. The van der Waals surface area contributed by atoms with Crippen LogP contribution in [0.4, 0.5) is 0 Å². The molecule has 0 bridgehead atoms. The van der Waals surface area contributed by atoms with Crippen molar-refractivity contribution in [1.29, 1.82) is 0 Å². The molecule has 0 radical (unpaired) electrons. The lowest BCUT2D eigenvalue weighted by Crippen LogP contribution is -2.44. The summed E-state index contributed by atoms with van der Waals surface area (Å²) in [6.45, 7) is 2.45. The lowest BCUT2D eigenvalue weighted by Gasteiger charge is -2.37. The standard InChI is InChI=1S/C28H37N3O4/c1-30-15-5-7-21(30)6-3-4-16-31-17-13-20(25(19-31)28(33)34)8-11-27(32)23-12-14-29-26-10-9-22(35-2)18-24(23)26/h5,7,9-10,12,14-15,18,20,25,27,32H,3-4,6,8,11,13,16-17,19H2,1-2H3,(H,33,34)/t20-,25+,27?/m1/s1. The van der Waals surface area contributed by atoms with E-state index in [0.717, 1.165) is 61.0 Å². The van der Waals surface area contributed by atoms with Crippen molar-refractivity contribution < 1.29 is 19.7 Å². The lowest BCUT2D eigenvalue weighted by atomic mass is 9.81. The van der Waals surface area contributed by atoms with Gasteiger partial charge in [0.05, 0.1) is 24.6 Å². The first kappa shape index (κ1) is 25.2. The summed E-state index contributed by atoms with van der Waals surface area (Å²) in [7, 11) is 3.69. The van der Waals surface area contributed by atoms with Crippen molar-refractivity contribution in [1.82, 2.24) is 14.5 Å². The number of pyridine rings is 1. The van der Waals surface area contributed by atoms with Gasteiger partial charge in [-0.25, -0.2) is 0 Å². The van der Waals surface area contributed by atoms with Gasteiger partial charge in [-0.2, -0.15) is 0 Å². The highest BCUT2D eigenvalue weighted by Crippen LogP contribution is 2.33. The summed E-state index contributed by atoms with van der Waals surface area (Å²) in [4.78, 5) is 18.8. The minimum Gasteiger partial charge on any atom is -0.497 e. The average molecular weight is 480 g/mol. The second-order valence-electron chi connectivity index (χ2n) is 9.74. The molecule has 0 amide bonds. The molecule has 1 unspecified atom stereocenters. The molecular weight excluding hydrogens is 442 g/mol. The number of aryl methyl sites for hydroxylation is 2. The zero-order chi connectivity index (χ0) is 24.8. The Hall–Kier alpha value is -2.90. The molecule has 1 fully saturated rings. The van der Waals surface area contributed by atoms with E-state index in [1.807, 2.05) is 24.3 Å². The Morgan fingerprint density at radius 3 is 2.86 bits per heavy atom. The first-order chi connectivity index (χ1) is 17.0. The van der Waals surface area contributed by atoms with Crippen LogP contribution in [0.5, 0.6) is 5.75 Å². The number of aromatic nitrogens is 2. The van der Waals surface area contributed by atoms with Gasteiger partial charge in [0.2, 0.25) is 0 Å². The van der Waals surface area contributed by atoms with Gasteiger partial charge in [0.25, 0.3) is 0 Å². The third-order valence-electron chi connectivity index (χ3n) is 7.52. The predicted octanol–water partition coefficient (Wildman–Crippen LogP) is 4.44. The largest absolute Gasteiger partial charge is 0.497 e. The summed E-state index contributed by atoms with van der Waals surface area (Å²) < 4.78 is 7.50. The lowest BCUT2D eigenvalue weighted by molar-refractivity contribution is -0.146. The maximum atomic E-state index is 12.1. The molecule has 2 N–H and O–H groups in total. The van der Waals surface area contributed by atoms with E-state index in [1.165, 1.54) is 5.69 Å². The van der Waals surface area contributed by atoms with E-state index >= 15 is 0 Å². The fraction of sp³-hybridized carbons (Fsp3) is 0.500. The molecule has 188 valence electrons. The SMILES string of the molecule is COc1ccc2nccc(C(O)CC[C@@H]3CCN(CCCCc4cccn4C)C[C@@H]3C(=O)O)c2c1. The smallest absolute Gasteiger partial charge is 0.308 e. The first-order valence-electron chi connectivity index (χ1n) is 12.6. The van der Waals surface area contributed by atoms with Gasteiger partial charge in [-0.1, -0.05) is 0 Å². The van der Waals surface area contributed by atoms with Gasteiger partial charge in [-0.15, -0.1) is 0 Å². The molecule has 2 aromatic heterocycles. The number of nitrogens with zero attached hydrogens (tertiary/aromatic N) is 3. The minimum atomic E-state index is -0.725. The van der Waals surface area contributed by atoms with Crippen LogP contribution < -0.4 is 4.74 Å². The van der Waals surface area contributed by atoms with Crippen LogP contribution in [0.1, 0.15) is 49.5 Å². The van der Waals surface area contributed by atoms with Crippen molar-refractivity contribution in [2.24, 2.45) is 18.9 Å². The fourth-order valence-electron chi connectivity index (χ4n) is 5.39. The van der Waals surface area contributed by atoms with E-state index in [4.69, 9.17) is 4.74 Å². The van der Waals surface area contributed by atoms with Crippen molar-refractivity contribution >= 4 is 16.9 Å². The molecule has 0 aliphatic carbocycles. The Labute approximate surface area is 207 Å². The van der Waals surface area contributed by atoms with Gasteiger partial charge in [-0.3, -0.25) is 9.78 Å². The van der Waals surface area contributed by atoms with E-state index in [0.29, 0.717) is 19.4 Å². The molecule has 1 saturated heterocycles. The number of ether oxygens (including phenoxy) is 1. The fourth-order valence-corrected chi connectivity index (χ4v) is 5.39. The molecule has 1 aromatic carbocycles. The van der Waals surface area contributed by atoms with E-state index in [9.17, 15) is 15.0 Å². The number of benzene rings is 1. The van der Waals surface area contributed by atoms with E-state index in [-0.39, 0.29) is 5.92 Å². The van der Waals surface area contributed by atoms with E-state index in [1.54, 1.807) is 13.3 Å². The van der Waals surface area contributed by atoms with Gasteiger partial charge < -0.3 is 24.4 Å². The van der Waals surface area contributed by atoms with Gasteiger partial charge in [-0.05, 0) is 99.5 Å². The quantitative estimate of drug-likeness (QED) is 0.395. The molecule has 7 nitrogen and oxygen atoms in total. The first-order valence-corrected chi connectivity index (χ1v) is 12.6. The summed E-state index contributed by atoms with van der Waals surface area (Å²) in [5, 5.41) is 21.8. The summed E-state index contributed by atoms with van der Waals surface area (Å²) in [5.41, 5.74) is 2.97. The monoisotopic (exact) mass is 479 g/mol. The molecule has 4 rings (SSSR count). The second-order valence-corrected chi connectivity index (χ2v) is 9.74. The maximum absolute atomic E-state index is 12.1. The summed E-state index contributed by atoms with van der Waals surface area (Å²) in [6, 6.07) is 11.7. The third-order valence-corrected chi connectivity index (χ3v) is 7.52. The number of aliphatic hydroxyl groups is 1. The number of piperidine rings is 1. The zero-order valence-corrected chi connectivity index (χ0v) is 20.8. The number of hydrogen-bond donors (Lipinski definition) is 2. The van der Waals surface area contributed by atoms with Crippen LogP contribution in [0.2, 0.25) is 0 Å². The topological polar surface area (TPSA) is 87.8 Å². The predicted molar refractivity (Wildman–Crippen MR) is 137 cm³/mol. The number of likely N-dealkylation sites (tertiary alicyclic amines) is 1. The highest BCUT2D eigenvalue weighted by Gasteiger charge is 2.34. The molecule has 0 saturated carbocycles. The van der Waals surface area contributed by atoms with Crippen LogP contribution in [0.15, 0.2) is 48.8 Å². The summed E-state index contributed by atoms with van der Waals surface area (Å²) >= 11 is 0. The Bertz CT molecular complexity index is 1130. The van der Waals surface area contributed by atoms with Crippen molar-refractivity contribution in [3.8, 4) is 5.75 Å². The van der Waals surface area contributed by atoms with Gasteiger partial charge >= 0.3 is 5.97 Å². The van der Waals surface area contributed by atoms with E-state index in [2.05, 4.69) is 39.8 Å². The molecule has 3 heterocycles. The van der Waals surface area contributed by atoms with Crippen LogP contribution in [0, 0.1) is 11.8 Å². The van der Waals surface area contributed by atoms with Crippen LogP contribution in [-0.4, -0.2) is 57.4 Å². The minimum absolute atomic E-state index is 0.0735. The number of rotatable bonds is 11. The highest BCUT2D eigenvalue weighted by atomic mass is 16.5. The number of aliphatic hydroxyl groups excluding tert-OH is 1. The Morgan fingerprint density at radius 2 is 2.11 bits per heavy atom. The second kappa shape index (κ2) is 11.7. The Balaban J connectivity index is 1.30. The third kappa shape index (κ3) is 6.21. The maximum Gasteiger partial charge on any atom is 0.308 e. The number of methoxy groups -OCH3 is 1. The molecule has 7 heteroatoms. The average Bonchev–Trinajstić information content (AvgIpc) is 3.29. The number of aliphatic carboxylic acids is 1.